The maximum absolute atomic E-state index is 6.02. The SMILES string of the molecule is Clc1cccc(N/N=C\c2sc(N3CCOCC3)nc2-c2ccccc2)c1. The highest BCUT2D eigenvalue weighted by atomic mass is 35.5. The van der Waals surface area contributed by atoms with Gasteiger partial charge in [-0.15, -0.1) is 0 Å². The first-order valence-corrected chi connectivity index (χ1v) is 9.92. The molecule has 0 amide bonds. The van der Waals surface area contributed by atoms with Gasteiger partial charge in [0.2, 0.25) is 0 Å². The molecule has 1 N–H and O–H groups in total. The molecule has 5 nitrogen and oxygen atoms in total. The normalized spacial score (nSPS) is 14.6. The van der Waals surface area contributed by atoms with Gasteiger partial charge in [0.1, 0.15) is 0 Å². The van der Waals surface area contributed by atoms with E-state index in [1.807, 2.05) is 48.7 Å². The van der Waals surface area contributed by atoms with Crippen molar-refractivity contribution < 1.29 is 4.74 Å². The minimum atomic E-state index is 0.674. The Hall–Kier alpha value is -2.41. The van der Waals surface area contributed by atoms with E-state index in [0.717, 1.165) is 53.3 Å². The number of anilines is 2. The maximum atomic E-state index is 6.02. The summed E-state index contributed by atoms with van der Waals surface area (Å²) in [6, 6.07) is 17.7. The van der Waals surface area contributed by atoms with Crippen LogP contribution in [-0.2, 0) is 4.74 Å². The number of halogens is 1. The summed E-state index contributed by atoms with van der Waals surface area (Å²) in [7, 11) is 0. The monoisotopic (exact) mass is 398 g/mol. The Morgan fingerprint density at radius 3 is 2.70 bits per heavy atom. The maximum Gasteiger partial charge on any atom is 0.186 e. The molecular formula is C20H19ClN4OS. The Morgan fingerprint density at radius 1 is 1.11 bits per heavy atom. The number of aromatic nitrogens is 1. The van der Waals surface area contributed by atoms with Gasteiger partial charge in [0.15, 0.2) is 5.13 Å². The second kappa shape index (κ2) is 8.52. The molecule has 0 radical (unpaired) electrons. The van der Waals surface area contributed by atoms with Crippen molar-refractivity contribution >= 4 is 40.0 Å². The number of nitrogens with zero attached hydrogens (tertiary/aromatic N) is 3. The van der Waals surface area contributed by atoms with E-state index >= 15 is 0 Å². The minimum Gasteiger partial charge on any atom is -0.378 e. The fourth-order valence-corrected chi connectivity index (χ4v) is 4.03. The fourth-order valence-electron chi connectivity index (χ4n) is 2.82. The number of hydrogen-bond donors (Lipinski definition) is 1. The van der Waals surface area contributed by atoms with Crippen LogP contribution in [0.2, 0.25) is 5.02 Å². The number of rotatable bonds is 5. The Kier molecular flexibility index (Phi) is 5.67. The van der Waals surface area contributed by atoms with E-state index in [4.69, 9.17) is 21.3 Å². The Bertz CT molecular complexity index is 923. The molecule has 1 saturated heterocycles. The van der Waals surface area contributed by atoms with Crippen LogP contribution in [0.1, 0.15) is 4.88 Å². The molecular weight excluding hydrogens is 380 g/mol. The quantitative estimate of drug-likeness (QED) is 0.498. The Labute approximate surface area is 167 Å². The largest absolute Gasteiger partial charge is 0.378 e. The third-order valence-electron chi connectivity index (χ3n) is 4.17. The van der Waals surface area contributed by atoms with Crippen LogP contribution in [0.4, 0.5) is 10.8 Å². The van der Waals surface area contributed by atoms with E-state index in [9.17, 15) is 0 Å². The molecule has 0 aliphatic carbocycles. The Morgan fingerprint density at radius 2 is 1.93 bits per heavy atom. The second-order valence-corrected chi connectivity index (χ2v) is 7.50. The van der Waals surface area contributed by atoms with E-state index in [0.29, 0.717) is 5.02 Å². The van der Waals surface area contributed by atoms with E-state index in [-0.39, 0.29) is 0 Å². The van der Waals surface area contributed by atoms with Crippen LogP contribution < -0.4 is 10.3 Å². The average Bonchev–Trinajstić information content (AvgIpc) is 3.14. The van der Waals surface area contributed by atoms with Crippen LogP contribution in [0.15, 0.2) is 59.7 Å². The average molecular weight is 399 g/mol. The van der Waals surface area contributed by atoms with Crippen molar-refractivity contribution in [2.24, 2.45) is 5.10 Å². The van der Waals surface area contributed by atoms with Gasteiger partial charge in [0, 0.05) is 23.7 Å². The topological polar surface area (TPSA) is 49.8 Å². The number of nitrogens with one attached hydrogen (secondary N) is 1. The van der Waals surface area contributed by atoms with Crippen LogP contribution in [0.25, 0.3) is 11.3 Å². The zero-order chi connectivity index (χ0) is 18.5. The highest BCUT2D eigenvalue weighted by Gasteiger charge is 2.18. The third-order valence-corrected chi connectivity index (χ3v) is 5.46. The lowest BCUT2D eigenvalue weighted by Gasteiger charge is -2.26. The second-order valence-electron chi connectivity index (χ2n) is 6.06. The summed E-state index contributed by atoms with van der Waals surface area (Å²) in [5.74, 6) is 0. The molecule has 0 atom stereocenters. The summed E-state index contributed by atoms with van der Waals surface area (Å²) < 4.78 is 5.45. The van der Waals surface area contributed by atoms with Crippen LogP contribution in [0, 0.1) is 0 Å². The lowest BCUT2D eigenvalue weighted by Crippen LogP contribution is -2.36. The van der Waals surface area contributed by atoms with Gasteiger partial charge in [-0.25, -0.2) is 4.98 Å². The zero-order valence-electron chi connectivity index (χ0n) is 14.6. The molecule has 4 rings (SSSR count). The highest BCUT2D eigenvalue weighted by molar-refractivity contribution is 7.17. The third kappa shape index (κ3) is 4.47. The first kappa shape index (κ1) is 18.0. The molecule has 2 heterocycles. The van der Waals surface area contributed by atoms with Crippen molar-refractivity contribution in [3.63, 3.8) is 0 Å². The summed E-state index contributed by atoms with van der Waals surface area (Å²) in [4.78, 5) is 8.17. The van der Waals surface area contributed by atoms with Crippen molar-refractivity contribution in [1.29, 1.82) is 0 Å². The zero-order valence-corrected chi connectivity index (χ0v) is 16.2. The van der Waals surface area contributed by atoms with E-state index in [1.165, 1.54) is 0 Å². The summed E-state index contributed by atoms with van der Waals surface area (Å²) in [6.07, 6.45) is 1.82. The first-order valence-electron chi connectivity index (χ1n) is 8.73. The summed E-state index contributed by atoms with van der Waals surface area (Å²) in [6.45, 7) is 3.19. The van der Waals surface area contributed by atoms with Crippen LogP contribution >= 0.6 is 22.9 Å². The molecule has 1 aliphatic rings. The number of benzene rings is 2. The molecule has 0 saturated carbocycles. The minimum absolute atomic E-state index is 0.674. The number of hydrazone groups is 1. The number of morpholine rings is 1. The molecule has 1 fully saturated rings. The molecule has 138 valence electrons. The van der Waals surface area contributed by atoms with Gasteiger partial charge in [0.25, 0.3) is 0 Å². The lowest BCUT2D eigenvalue weighted by atomic mass is 10.1. The number of hydrogen-bond acceptors (Lipinski definition) is 6. The molecule has 3 aromatic rings. The smallest absolute Gasteiger partial charge is 0.186 e. The van der Waals surface area contributed by atoms with Gasteiger partial charge in [-0.2, -0.15) is 5.10 Å². The molecule has 27 heavy (non-hydrogen) atoms. The molecule has 0 bridgehead atoms. The van der Waals surface area contributed by atoms with Crippen LogP contribution in [0.5, 0.6) is 0 Å². The van der Waals surface area contributed by atoms with Gasteiger partial charge in [0.05, 0.1) is 35.7 Å². The highest BCUT2D eigenvalue weighted by Crippen LogP contribution is 2.32. The fraction of sp³-hybridized carbons (Fsp3) is 0.200. The standard InChI is InChI=1S/C20H19ClN4OS/c21-16-7-4-8-17(13-16)24-22-14-18-19(15-5-2-1-3-6-15)23-20(27-18)25-9-11-26-12-10-25/h1-8,13-14,24H,9-12H2/b22-14-. The van der Waals surface area contributed by atoms with Crippen LogP contribution in [0.3, 0.4) is 0 Å². The molecule has 2 aromatic carbocycles. The molecule has 1 aromatic heterocycles. The number of ether oxygens (including phenoxy) is 1. The van der Waals surface area contributed by atoms with Crippen molar-refractivity contribution in [2.45, 2.75) is 0 Å². The van der Waals surface area contributed by atoms with Crippen LogP contribution in [-0.4, -0.2) is 37.5 Å². The molecule has 1 aliphatic heterocycles. The predicted octanol–water partition coefficient (Wildman–Crippen LogP) is 4.75. The lowest BCUT2D eigenvalue weighted by molar-refractivity contribution is 0.122. The van der Waals surface area contributed by atoms with Gasteiger partial charge in [-0.1, -0.05) is 59.3 Å². The summed E-state index contributed by atoms with van der Waals surface area (Å²) >= 11 is 7.66. The van der Waals surface area contributed by atoms with Crippen molar-refractivity contribution in [3.8, 4) is 11.3 Å². The summed E-state index contributed by atoms with van der Waals surface area (Å²) in [5.41, 5.74) is 5.90. The van der Waals surface area contributed by atoms with Gasteiger partial charge < -0.3 is 9.64 Å². The van der Waals surface area contributed by atoms with Gasteiger partial charge in [-0.3, -0.25) is 5.43 Å². The van der Waals surface area contributed by atoms with E-state index in [2.05, 4.69) is 27.6 Å². The first-order chi connectivity index (χ1) is 13.3. The molecule has 0 unspecified atom stereocenters. The number of thiazole rings is 1. The summed E-state index contributed by atoms with van der Waals surface area (Å²) in [5, 5.41) is 6.07. The van der Waals surface area contributed by atoms with Gasteiger partial charge >= 0.3 is 0 Å². The molecule has 0 spiro atoms. The van der Waals surface area contributed by atoms with Crippen molar-refractivity contribution in [1.82, 2.24) is 4.98 Å². The van der Waals surface area contributed by atoms with E-state index in [1.54, 1.807) is 11.3 Å². The van der Waals surface area contributed by atoms with Crippen molar-refractivity contribution in [2.75, 3.05) is 36.6 Å². The predicted molar refractivity (Wildman–Crippen MR) is 113 cm³/mol. The van der Waals surface area contributed by atoms with Crippen molar-refractivity contribution in [3.05, 3.63) is 64.5 Å². The van der Waals surface area contributed by atoms with Gasteiger partial charge in [-0.05, 0) is 18.2 Å². The van der Waals surface area contributed by atoms with E-state index < -0.39 is 0 Å². The Balaban J connectivity index is 1.61. The molecule has 7 heteroatoms.